The van der Waals surface area contributed by atoms with Crippen LogP contribution in [0.25, 0.3) is 0 Å². The van der Waals surface area contributed by atoms with Gasteiger partial charge in [0.15, 0.2) is 0 Å². The quantitative estimate of drug-likeness (QED) is 0.639. The van der Waals surface area contributed by atoms with Gasteiger partial charge in [-0.1, -0.05) is 48.0 Å². The second kappa shape index (κ2) is 9.98. The molecule has 0 bridgehead atoms. The van der Waals surface area contributed by atoms with Gasteiger partial charge in [0.25, 0.3) is 0 Å². The Morgan fingerprint density at radius 2 is 1.84 bits per heavy atom. The third-order valence-electron chi connectivity index (χ3n) is 5.67. The minimum absolute atomic E-state index is 0.0360. The molecule has 3 aromatic rings. The smallest absolute Gasteiger partial charge is 0.227 e. The van der Waals surface area contributed by atoms with Gasteiger partial charge in [0.1, 0.15) is 11.6 Å². The van der Waals surface area contributed by atoms with E-state index in [0.29, 0.717) is 13.0 Å². The average Bonchev–Trinajstić information content (AvgIpc) is 3.05. The molecule has 1 saturated heterocycles. The predicted octanol–water partition coefficient (Wildman–Crippen LogP) is 3.57. The van der Waals surface area contributed by atoms with Crippen LogP contribution < -0.4 is 0 Å². The fraction of sp³-hybridized carbons (Fsp3) is 0.333. The van der Waals surface area contributed by atoms with Crippen molar-refractivity contribution in [1.82, 2.24) is 19.4 Å². The zero-order valence-electron chi connectivity index (χ0n) is 17.5. The van der Waals surface area contributed by atoms with E-state index in [-0.39, 0.29) is 16.7 Å². The van der Waals surface area contributed by atoms with Crippen molar-refractivity contribution in [3.8, 4) is 5.75 Å². The zero-order chi connectivity index (χ0) is 21.6. The van der Waals surface area contributed by atoms with Gasteiger partial charge in [-0.3, -0.25) is 9.69 Å². The van der Waals surface area contributed by atoms with Crippen molar-refractivity contribution < 1.29 is 9.90 Å². The number of benzene rings is 2. The molecule has 1 aliphatic heterocycles. The third kappa shape index (κ3) is 5.66. The topological polar surface area (TPSA) is 61.6 Å². The van der Waals surface area contributed by atoms with Crippen LogP contribution in [0.15, 0.2) is 60.9 Å². The molecule has 1 aromatic heterocycles. The summed E-state index contributed by atoms with van der Waals surface area (Å²) in [7, 11) is 0. The Morgan fingerprint density at radius 3 is 2.65 bits per heavy atom. The van der Waals surface area contributed by atoms with Crippen LogP contribution in [0.1, 0.15) is 23.4 Å². The summed E-state index contributed by atoms with van der Waals surface area (Å²) in [6.45, 7) is 4.79. The Morgan fingerprint density at radius 1 is 1.00 bits per heavy atom. The lowest BCUT2D eigenvalue weighted by Gasteiger charge is -2.22. The lowest BCUT2D eigenvalue weighted by atomic mass is 10.1. The number of aromatic nitrogens is 2. The molecule has 7 heteroatoms. The molecule has 6 nitrogen and oxygen atoms in total. The third-order valence-corrected chi connectivity index (χ3v) is 5.97. The Balaban J connectivity index is 1.33. The van der Waals surface area contributed by atoms with Gasteiger partial charge in [0.2, 0.25) is 5.91 Å². The van der Waals surface area contributed by atoms with Crippen molar-refractivity contribution in [1.29, 1.82) is 0 Å². The maximum atomic E-state index is 12.8. The van der Waals surface area contributed by atoms with E-state index in [1.54, 1.807) is 12.1 Å². The summed E-state index contributed by atoms with van der Waals surface area (Å²) in [5.74, 6) is 1.17. The van der Waals surface area contributed by atoms with Crippen molar-refractivity contribution in [3.05, 3.63) is 82.9 Å². The first-order valence-electron chi connectivity index (χ1n) is 10.6. The molecule has 2 aromatic carbocycles. The molecule has 2 heterocycles. The highest BCUT2D eigenvalue weighted by Gasteiger charge is 2.20. The first-order chi connectivity index (χ1) is 15.1. The number of phenolic OH excluding ortho intramolecular Hbond substituents is 1. The van der Waals surface area contributed by atoms with E-state index in [1.165, 1.54) is 11.6 Å². The van der Waals surface area contributed by atoms with Gasteiger partial charge in [-0.2, -0.15) is 0 Å². The van der Waals surface area contributed by atoms with Gasteiger partial charge in [0, 0.05) is 45.1 Å². The highest BCUT2D eigenvalue weighted by molar-refractivity contribution is 6.32. The van der Waals surface area contributed by atoms with E-state index >= 15 is 0 Å². The molecule has 0 radical (unpaired) electrons. The standard InChI is InChI=1S/C24H27ClN4O2/c25-21-15-20(7-8-22(21)30)16-24(31)28-11-4-10-27(13-14-28)18-23-26-9-12-29(23)17-19-5-2-1-3-6-19/h1-3,5-9,12,15,30H,4,10-11,13-14,16-18H2. The molecule has 0 unspecified atom stereocenters. The van der Waals surface area contributed by atoms with Crippen molar-refractivity contribution in [3.63, 3.8) is 0 Å². The molecule has 1 amide bonds. The van der Waals surface area contributed by atoms with E-state index in [4.69, 9.17) is 11.6 Å². The molecule has 1 N–H and O–H groups in total. The summed E-state index contributed by atoms with van der Waals surface area (Å²) >= 11 is 5.97. The molecule has 4 rings (SSSR count). The average molecular weight is 439 g/mol. The lowest BCUT2D eigenvalue weighted by Crippen LogP contribution is -2.36. The van der Waals surface area contributed by atoms with Crippen molar-refractivity contribution in [2.24, 2.45) is 0 Å². The van der Waals surface area contributed by atoms with Gasteiger partial charge in [-0.05, 0) is 29.7 Å². The number of rotatable bonds is 6. The molecule has 31 heavy (non-hydrogen) atoms. The second-order valence-electron chi connectivity index (χ2n) is 7.93. The van der Waals surface area contributed by atoms with Gasteiger partial charge in [-0.15, -0.1) is 0 Å². The monoisotopic (exact) mass is 438 g/mol. The fourth-order valence-electron chi connectivity index (χ4n) is 3.94. The van der Waals surface area contributed by atoms with Gasteiger partial charge >= 0.3 is 0 Å². The summed E-state index contributed by atoms with van der Waals surface area (Å²) in [6, 6.07) is 15.3. The van der Waals surface area contributed by atoms with Crippen molar-refractivity contribution >= 4 is 17.5 Å². The Hall–Kier alpha value is -2.83. The summed E-state index contributed by atoms with van der Waals surface area (Å²) in [5.41, 5.74) is 2.07. The van der Waals surface area contributed by atoms with Crippen LogP contribution >= 0.6 is 11.6 Å². The number of carbonyl (C=O) groups is 1. The number of hydrogen-bond donors (Lipinski definition) is 1. The Labute approximate surface area is 187 Å². The number of aromatic hydroxyl groups is 1. The normalized spacial score (nSPS) is 15.1. The van der Waals surface area contributed by atoms with Crippen LogP contribution in [0.3, 0.4) is 0 Å². The second-order valence-corrected chi connectivity index (χ2v) is 8.34. The first-order valence-corrected chi connectivity index (χ1v) is 11.0. The van der Waals surface area contributed by atoms with E-state index in [0.717, 1.165) is 50.5 Å². The minimum atomic E-state index is 0.0360. The number of amides is 1. The van der Waals surface area contributed by atoms with E-state index in [2.05, 4.69) is 38.7 Å². The van der Waals surface area contributed by atoms with E-state index in [1.807, 2.05) is 23.4 Å². The van der Waals surface area contributed by atoms with E-state index in [9.17, 15) is 9.90 Å². The summed E-state index contributed by atoms with van der Waals surface area (Å²) in [4.78, 5) is 21.7. The highest BCUT2D eigenvalue weighted by Crippen LogP contribution is 2.24. The van der Waals surface area contributed by atoms with Crippen LogP contribution in [-0.4, -0.2) is 56.5 Å². The number of phenols is 1. The van der Waals surface area contributed by atoms with Crippen LogP contribution in [-0.2, 0) is 24.3 Å². The molecule has 1 fully saturated rings. The SMILES string of the molecule is O=C(Cc1ccc(O)c(Cl)c1)N1CCCN(Cc2nccn2Cc2ccccc2)CC1. The Bertz CT molecular complexity index is 1020. The van der Waals surface area contributed by atoms with Gasteiger partial charge in [0.05, 0.1) is 18.0 Å². The summed E-state index contributed by atoms with van der Waals surface area (Å²) < 4.78 is 2.19. The molecule has 1 aliphatic rings. The van der Waals surface area contributed by atoms with Gasteiger partial charge in [-0.25, -0.2) is 4.98 Å². The molecule has 0 atom stereocenters. The number of imidazole rings is 1. The maximum Gasteiger partial charge on any atom is 0.227 e. The van der Waals surface area contributed by atoms with Crippen molar-refractivity contribution in [2.45, 2.75) is 25.9 Å². The molecule has 0 aliphatic carbocycles. The summed E-state index contributed by atoms with van der Waals surface area (Å²) in [5, 5.41) is 9.84. The molecule has 0 saturated carbocycles. The molecular weight excluding hydrogens is 412 g/mol. The number of carbonyl (C=O) groups excluding carboxylic acids is 1. The van der Waals surface area contributed by atoms with Crippen molar-refractivity contribution in [2.75, 3.05) is 26.2 Å². The highest BCUT2D eigenvalue weighted by atomic mass is 35.5. The fourth-order valence-corrected chi connectivity index (χ4v) is 4.14. The zero-order valence-corrected chi connectivity index (χ0v) is 18.2. The maximum absolute atomic E-state index is 12.8. The largest absolute Gasteiger partial charge is 0.506 e. The molecule has 0 spiro atoms. The Kier molecular flexibility index (Phi) is 6.89. The number of nitrogens with zero attached hydrogens (tertiary/aromatic N) is 4. The lowest BCUT2D eigenvalue weighted by molar-refractivity contribution is -0.130. The molecular formula is C24H27ClN4O2. The van der Waals surface area contributed by atoms with Gasteiger partial charge < -0.3 is 14.6 Å². The molecule has 162 valence electrons. The van der Waals surface area contributed by atoms with Crippen LogP contribution in [0, 0.1) is 0 Å². The van der Waals surface area contributed by atoms with Crippen LogP contribution in [0.2, 0.25) is 5.02 Å². The van der Waals surface area contributed by atoms with Crippen LogP contribution in [0.4, 0.5) is 0 Å². The summed E-state index contributed by atoms with van der Waals surface area (Å²) in [6.07, 6.45) is 5.11. The number of halogens is 1. The predicted molar refractivity (Wildman–Crippen MR) is 121 cm³/mol. The number of hydrogen-bond acceptors (Lipinski definition) is 4. The van der Waals surface area contributed by atoms with Crippen LogP contribution in [0.5, 0.6) is 5.75 Å². The first kappa shape index (κ1) is 21.4. The van der Waals surface area contributed by atoms with E-state index < -0.39 is 0 Å². The minimum Gasteiger partial charge on any atom is -0.506 e.